The van der Waals surface area contributed by atoms with Crippen molar-refractivity contribution in [3.05, 3.63) is 80.8 Å². The average molecular weight is 595 g/mol. The minimum Gasteiger partial charge on any atom is -0.493 e. The van der Waals surface area contributed by atoms with Crippen LogP contribution in [0.5, 0.6) is 11.5 Å². The average Bonchev–Trinajstić information content (AvgIpc) is 2.90. The van der Waals surface area contributed by atoms with Crippen LogP contribution in [0.15, 0.2) is 58.1 Å². The van der Waals surface area contributed by atoms with Gasteiger partial charge >= 0.3 is 11.8 Å². The quantitative estimate of drug-likeness (QED) is 0.182. The molecule has 3 aromatic carbocycles. The van der Waals surface area contributed by atoms with Gasteiger partial charge in [-0.15, -0.1) is 0 Å². The molecule has 10 heteroatoms. The summed E-state index contributed by atoms with van der Waals surface area (Å²) in [6.07, 6.45) is 2.07. The Balaban J connectivity index is 1.61. The van der Waals surface area contributed by atoms with Crippen molar-refractivity contribution in [1.82, 2.24) is 5.43 Å². The molecule has 0 aliphatic rings. The molecule has 0 saturated heterocycles. The Morgan fingerprint density at radius 1 is 0.974 bits per heavy atom. The van der Waals surface area contributed by atoms with Crippen molar-refractivity contribution in [1.29, 1.82) is 0 Å². The van der Waals surface area contributed by atoms with Crippen LogP contribution < -0.4 is 25.5 Å². The maximum atomic E-state index is 12.6. The van der Waals surface area contributed by atoms with E-state index in [1.807, 2.05) is 52.0 Å². The summed E-state index contributed by atoms with van der Waals surface area (Å²) in [5, 5.41) is 9.36. The van der Waals surface area contributed by atoms with Gasteiger partial charge in [0, 0.05) is 11.4 Å². The van der Waals surface area contributed by atoms with Crippen molar-refractivity contribution >= 4 is 51.2 Å². The van der Waals surface area contributed by atoms with Crippen molar-refractivity contribution in [2.45, 2.75) is 34.1 Å². The third-order valence-electron chi connectivity index (χ3n) is 5.77. The van der Waals surface area contributed by atoms with Gasteiger partial charge in [0.2, 0.25) is 0 Å². The number of anilines is 2. The van der Waals surface area contributed by atoms with Crippen LogP contribution >= 0.6 is 15.9 Å². The molecule has 0 fully saturated rings. The van der Waals surface area contributed by atoms with Crippen molar-refractivity contribution in [2.24, 2.45) is 5.10 Å². The molecule has 9 nitrogen and oxygen atoms in total. The predicted molar refractivity (Wildman–Crippen MR) is 156 cm³/mol. The van der Waals surface area contributed by atoms with Gasteiger partial charge in [-0.3, -0.25) is 14.4 Å². The predicted octanol–water partition coefficient (Wildman–Crippen LogP) is 5.05. The van der Waals surface area contributed by atoms with Crippen LogP contribution in [0.2, 0.25) is 0 Å². The molecule has 3 N–H and O–H groups in total. The highest BCUT2D eigenvalue weighted by Crippen LogP contribution is 2.36. The summed E-state index contributed by atoms with van der Waals surface area (Å²) in [7, 11) is 1.47. The van der Waals surface area contributed by atoms with E-state index in [1.54, 1.807) is 24.3 Å². The number of carbonyl (C=O) groups is 3. The molecule has 0 spiro atoms. The zero-order valence-electron chi connectivity index (χ0n) is 22.5. The minimum absolute atomic E-state index is 0.235. The number of nitrogens with one attached hydrogen (secondary N) is 3. The number of ether oxygens (including phenoxy) is 2. The van der Waals surface area contributed by atoms with E-state index >= 15 is 0 Å². The summed E-state index contributed by atoms with van der Waals surface area (Å²) in [6, 6.07) is 14.6. The van der Waals surface area contributed by atoms with E-state index in [0.717, 1.165) is 27.9 Å². The summed E-state index contributed by atoms with van der Waals surface area (Å²) in [5.41, 5.74) is 8.08. The Morgan fingerprint density at radius 2 is 1.67 bits per heavy atom. The number of halogens is 1. The van der Waals surface area contributed by atoms with E-state index in [2.05, 4.69) is 37.1 Å². The topological polar surface area (TPSA) is 118 Å². The normalized spacial score (nSPS) is 10.7. The summed E-state index contributed by atoms with van der Waals surface area (Å²) < 4.78 is 11.7. The molecule has 0 bridgehead atoms. The molecule has 0 aliphatic carbocycles. The monoisotopic (exact) mass is 594 g/mol. The third kappa shape index (κ3) is 7.90. The maximum absolute atomic E-state index is 12.6. The number of carbonyl (C=O) groups excluding carboxylic acids is 3. The lowest BCUT2D eigenvalue weighted by Gasteiger charge is -2.15. The molecule has 0 aliphatic heterocycles. The smallest absolute Gasteiger partial charge is 0.329 e. The second-order valence-electron chi connectivity index (χ2n) is 8.81. The molecule has 0 atom stereocenters. The van der Waals surface area contributed by atoms with E-state index in [0.29, 0.717) is 33.6 Å². The second-order valence-corrected chi connectivity index (χ2v) is 9.66. The van der Waals surface area contributed by atoms with Crippen LogP contribution in [-0.4, -0.2) is 37.7 Å². The molecule has 0 saturated carbocycles. The number of rotatable bonds is 9. The fraction of sp³-hybridized carbons (Fsp3) is 0.241. The first-order valence-electron chi connectivity index (χ1n) is 12.2. The number of hydrogen-bond acceptors (Lipinski definition) is 6. The molecular weight excluding hydrogens is 564 g/mol. The van der Waals surface area contributed by atoms with Gasteiger partial charge in [-0.25, -0.2) is 5.43 Å². The molecule has 3 amide bonds. The Kier molecular flexibility index (Phi) is 10.2. The van der Waals surface area contributed by atoms with Crippen LogP contribution in [0.25, 0.3) is 0 Å². The fourth-order valence-electron chi connectivity index (χ4n) is 3.99. The van der Waals surface area contributed by atoms with Gasteiger partial charge in [-0.2, -0.15) is 5.10 Å². The molecule has 3 aromatic rings. The van der Waals surface area contributed by atoms with Gasteiger partial charge in [0.1, 0.15) is 0 Å². The number of aryl methyl sites for hydroxylation is 4. The summed E-state index contributed by atoms with van der Waals surface area (Å²) in [4.78, 5) is 37.0. The van der Waals surface area contributed by atoms with E-state index in [9.17, 15) is 14.4 Å². The van der Waals surface area contributed by atoms with Crippen LogP contribution in [0, 0.1) is 20.8 Å². The van der Waals surface area contributed by atoms with E-state index in [-0.39, 0.29) is 12.5 Å². The molecule has 39 heavy (non-hydrogen) atoms. The zero-order valence-corrected chi connectivity index (χ0v) is 24.1. The van der Waals surface area contributed by atoms with E-state index in [1.165, 1.54) is 13.3 Å². The lowest BCUT2D eigenvalue weighted by atomic mass is 10.1. The van der Waals surface area contributed by atoms with Crippen LogP contribution in [0.1, 0.15) is 34.7 Å². The largest absolute Gasteiger partial charge is 0.493 e. The van der Waals surface area contributed by atoms with Gasteiger partial charge in [0.05, 0.1) is 17.8 Å². The molecule has 204 valence electrons. The van der Waals surface area contributed by atoms with Crippen LogP contribution in [0.3, 0.4) is 0 Å². The maximum Gasteiger partial charge on any atom is 0.329 e. The lowest BCUT2D eigenvalue weighted by molar-refractivity contribution is -0.136. The highest BCUT2D eigenvalue weighted by molar-refractivity contribution is 9.10. The number of amides is 3. The first kappa shape index (κ1) is 29.4. The number of hydrazone groups is 1. The van der Waals surface area contributed by atoms with Crippen molar-refractivity contribution < 1.29 is 23.9 Å². The Morgan fingerprint density at radius 3 is 2.33 bits per heavy atom. The van der Waals surface area contributed by atoms with Crippen molar-refractivity contribution in [3.8, 4) is 11.5 Å². The lowest BCUT2D eigenvalue weighted by Crippen LogP contribution is -2.32. The molecule has 0 unspecified atom stereocenters. The van der Waals surface area contributed by atoms with E-state index in [4.69, 9.17) is 9.47 Å². The van der Waals surface area contributed by atoms with Gasteiger partial charge in [-0.05, 0) is 83.6 Å². The Hall–Kier alpha value is -4.18. The third-order valence-corrected chi connectivity index (χ3v) is 6.36. The summed E-state index contributed by atoms with van der Waals surface area (Å²) in [6.45, 7) is 7.61. The molecule has 0 aromatic heterocycles. The first-order valence-corrected chi connectivity index (χ1v) is 13.0. The minimum atomic E-state index is -0.909. The molecule has 0 heterocycles. The number of para-hydroxylation sites is 1. The summed E-state index contributed by atoms with van der Waals surface area (Å²) in [5.74, 6) is -1.37. The summed E-state index contributed by atoms with van der Waals surface area (Å²) >= 11 is 3.43. The van der Waals surface area contributed by atoms with Gasteiger partial charge < -0.3 is 20.1 Å². The molecule has 3 rings (SSSR count). The van der Waals surface area contributed by atoms with Gasteiger partial charge in [0.25, 0.3) is 5.91 Å². The number of benzene rings is 3. The highest BCUT2D eigenvalue weighted by Gasteiger charge is 2.16. The Bertz CT molecular complexity index is 1400. The van der Waals surface area contributed by atoms with Crippen LogP contribution in [-0.2, 0) is 20.8 Å². The SMILES string of the molecule is CCc1ccccc1NC(=O)C(=O)N/N=C\c1cc(Br)c(OCC(=O)Nc2c(C)cc(C)cc2C)c(OC)c1. The molecular formula is C29H31BrN4O5. The Labute approximate surface area is 236 Å². The standard InChI is InChI=1S/C29H31BrN4O5/c1-6-21-9-7-8-10-23(21)32-28(36)29(37)34-31-15-20-13-22(30)27(24(14-20)38-5)39-16-25(35)33-26-18(3)11-17(2)12-19(26)4/h7-15H,6,16H2,1-5H3,(H,32,36)(H,33,35)(H,34,37)/b31-15-. The highest BCUT2D eigenvalue weighted by atomic mass is 79.9. The molecule has 0 radical (unpaired) electrons. The second kappa shape index (κ2) is 13.6. The van der Waals surface area contributed by atoms with Crippen LogP contribution in [0.4, 0.5) is 11.4 Å². The number of nitrogens with zero attached hydrogens (tertiary/aromatic N) is 1. The van der Waals surface area contributed by atoms with Crippen molar-refractivity contribution in [2.75, 3.05) is 24.4 Å². The number of hydrogen-bond donors (Lipinski definition) is 3. The van der Waals surface area contributed by atoms with Crippen molar-refractivity contribution in [3.63, 3.8) is 0 Å². The van der Waals surface area contributed by atoms with Gasteiger partial charge in [0.15, 0.2) is 18.1 Å². The zero-order chi connectivity index (χ0) is 28.5. The first-order chi connectivity index (χ1) is 18.6. The number of methoxy groups -OCH3 is 1. The fourth-order valence-corrected chi connectivity index (χ4v) is 4.56. The van der Waals surface area contributed by atoms with E-state index < -0.39 is 11.8 Å². The van der Waals surface area contributed by atoms with Gasteiger partial charge in [-0.1, -0.05) is 42.8 Å².